The largest absolute Gasteiger partial charge is 0.390 e. The lowest BCUT2D eigenvalue weighted by molar-refractivity contribution is 0.0866. The number of hydrogen-bond donors (Lipinski definition) is 1. The van der Waals surface area contributed by atoms with Gasteiger partial charge < -0.3 is 10.0 Å². The smallest absolute Gasteiger partial charge is 0.0690 e. The Kier molecular flexibility index (Phi) is 1.29. The fourth-order valence-corrected chi connectivity index (χ4v) is 1.91. The summed E-state index contributed by atoms with van der Waals surface area (Å²) in [7, 11) is 2.13. The highest BCUT2D eigenvalue weighted by Gasteiger charge is 2.49. The molecule has 2 fully saturated rings. The van der Waals surface area contributed by atoms with Crippen molar-refractivity contribution in [1.29, 1.82) is 0 Å². The number of hydrogen-bond acceptors (Lipinski definition) is 2. The zero-order valence-corrected chi connectivity index (χ0v) is 6.51. The zero-order valence-electron chi connectivity index (χ0n) is 6.51. The second-order valence-corrected chi connectivity index (χ2v) is 3.85. The Bertz CT molecular complexity index is 142. The molecule has 0 aromatic heterocycles. The van der Waals surface area contributed by atoms with Crippen LogP contribution in [-0.4, -0.2) is 35.7 Å². The number of nitrogens with zero attached hydrogens (tertiary/aromatic N) is 1. The van der Waals surface area contributed by atoms with Gasteiger partial charge in [-0.2, -0.15) is 0 Å². The molecule has 1 N–H and O–H groups in total. The van der Waals surface area contributed by atoms with Gasteiger partial charge in [-0.3, -0.25) is 0 Å². The van der Waals surface area contributed by atoms with Gasteiger partial charge in [-0.25, -0.2) is 0 Å². The summed E-state index contributed by atoms with van der Waals surface area (Å²) < 4.78 is 0. The predicted octanol–water partition coefficient (Wildman–Crippen LogP) is 0.463. The first-order valence-corrected chi connectivity index (χ1v) is 4.12. The molecule has 0 bridgehead atoms. The second-order valence-electron chi connectivity index (χ2n) is 3.85. The molecule has 0 spiro atoms. The van der Waals surface area contributed by atoms with E-state index in [1.165, 1.54) is 13.0 Å². The van der Waals surface area contributed by atoms with Crippen LogP contribution in [0, 0.1) is 5.92 Å². The molecule has 2 rings (SSSR count). The Morgan fingerprint density at radius 3 is 2.60 bits per heavy atom. The van der Waals surface area contributed by atoms with Crippen molar-refractivity contribution in [2.24, 2.45) is 5.92 Å². The molecule has 1 aliphatic heterocycles. The molecule has 1 saturated heterocycles. The Morgan fingerprint density at radius 2 is 2.20 bits per heavy atom. The molecule has 1 saturated carbocycles. The van der Waals surface area contributed by atoms with E-state index < -0.39 is 0 Å². The van der Waals surface area contributed by atoms with E-state index in [0.29, 0.717) is 5.92 Å². The quantitative estimate of drug-likeness (QED) is 0.573. The van der Waals surface area contributed by atoms with E-state index in [9.17, 15) is 5.11 Å². The first kappa shape index (κ1) is 6.62. The average molecular weight is 141 g/mol. The molecule has 1 atom stereocenters. The minimum Gasteiger partial charge on any atom is -0.390 e. The molecule has 0 radical (unpaired) electrons. The van der Waals surface area contributed by atoms with Crippen molar-refractivity contribution >= 4 is 0 Å². The fourth-order valence-electron chi connectivity index (χ4n) is 1.91. The normalized spacial score (nSPS) is 38.4. The van der Waals surface area contributed by atoms with Crippen LogP contribution in [0.15, 0.2) is 0 Å². The first-order chi connectivity index (χ1) is 4.71. The van der Waals surface area contributed by atoms with Crippen LogP contribution in [0.3, 0.4) is 0 Å². The molecule has 2 heteroatoms. The van der Waals surface area contributed by atoms with Crippen LogP contribution in [0.2, 0.25) is 0 Å². The van der Waals surface area contributed by atoms with Crippen molar-refractivity contribution in [3.8, 4) is 0 Å². The lowest BCUT2D eigenvalue weighted by atomic mass is 10.00. The van der Waals surface area contributed by atoms with Crippen LogP contribution in [0.5, 0.6) is 0 Å². The minimum absolute atomic E-state index is 0.231. The Hall–Kier alpha value is -0.0800. The molecule has 1 aliphatic carbocycles. The number of aliphatic hydroxyl groups is 1. The van der Waals surface area contributed by atoms with Gasteiger partial charge in [-0.05, 0) is 32.9 Å². The van der Waals surface area contributed by atoms with Crippen molar-refractivity contribution in [2.75, 3.05) is 20.1 Å². The van der Waals surface area contributed by atoms with E-state index in [0.717, 1.165) is 19.4 Å². The van der Waals surface area contributed by atoms with E-state index in [1.807, 2.05) is 0 Å². The standard InChI is InChI=1S/C8H15NO/c1-9-5-2-7(6-9)8(10)3-4-8/h7,10H,2-6H2,1H3/t7-/m1/s1. The highest BCUT2D eigenvalue weighted by atomic mass is 16.3. The van der Waals surface area contributed by atoms with Gasteiger partial charge in [-0.1, -0.05) is 0 Å². The van der Waals surface area contributed by atoms with Crippen LogP contribution in [0.4, 0.5) is 0 Å². The van der Waals surface area contributed by atoms with Crippen LogP contribution < -0.4 is 0 Å². The number of rotatable bonds is 1. The van der Waals surface area contributed by atoms with Gasteiger partial charge in [0, 0.05) is 12.5 Å². The van der Waals surface area contributed by atoms with Crippen LogP contribution in [0.1, 0.15) is 19.3 Å². The van der Waals surface area contributed by atoms with Gasteiger partial charge in [-0.15, -0.1) is 0 Å². The highest BCUT2D eigenvalue weighted by Crippen LogP contribution is 2.45. The summed E-state index contributed by atoms with van der Waals surface area (Å²) in [4.78, 5) is 2.31. The SMILES string of the molecule is CN1CC[C@@H](C2(O)CC2)C1. The third-order valence-electron chi connectivity index (χ3n) is 2.91. The maximum absolute atomic E-state index is 9.72. The third-order valence-corrected chi connectivity index (χ3v) is 2.91. The van der Waals surface area contributed by atoms with Crippen molar-refractivity contribution in [3.05, 3.63) is 0 Å². The summed E-state index contributed by atoms with van der Waals surface area (Å²) in [5.74, 6) is 0.581. The van der Waals surface area contributed by atoms with Gasteiger partial charge in [0.25, 0.3) is 0 Å². The van der Waals surface area contributed by atoms with E-state index in [1.54, 1.807) is 0 Å². The lowest BCUT2D eigenvalue weighted by Gasteiger charge is -2.15. The summed E-state index contributed by atoms with van der Waals surface area (Å²) in [5, 5.41) is 9.72. The van der Waals surface area contributed by atoms with Gasteiger partial charge in [0.05, 0.1) is 5.60 Å². The van der Waals surface area contributed by atoms with Crippen molar-refractivity contribution in [3.63, 3.8) is 0 Å². The monoisotopic (exact) mass is 141 g/mol. The van der Waals surface area contributed by atoms with Gasteiger partial charge in [0.2, 0.25) is 0 Å². The predicted molar refractivity (Wildman–Crippen MR) is 39.8 cm³/mol. The molecular formula is C8H15NO. The minimum atomic E-state index is -0.231. The third kappa shape index (κ3) is 0.956. The number of likely N-dealkylation sites (tertiary alicyclic amines) is 1. The average Bonchev–Trinajstić information content (AvgIpc) is 2.45. The van der Waals surface area contributed by atoms with Crippen LogP contribution >= 0.6 is 0 Å². The summed E-state index contributed by atoms with van der Waals surface area (Å²) in [5.41, 5.74) is -0.231. The van der Waals surface area contributed by atoms with Crippen LogP contribution in [-0.2, 0) is 0 Å². The Labute approximate surface area is 61.8 Å². The maximum Gasteiger partial charge on any atom is 0.0690 e. The molecule has 58 valence electrons. The Morgan fingerprint density at radius 1 is 1.50 bits per heavy atom. The molecule has 0 unspecified atom stereocenters. The second kappa shape index (κ2) is 1.95. The summed E-state index contributed by atoms with van der Waals surface area (Å²) in [6, 6.07) is 0. The van der Waals surface area contributed by atoms with Gasteiger partial charge in [0.1, 0.15) is 0 Å². The molecular weight excluding hydrogens is 126 g/mol. The molecule has 0 aromatic carbocycles. The van der Waals surface area contributed by atoms with Crippen molar-refractivity contribution in [2.45, 2.75) is 24.9 Å². The van der Waals surface area contributed by atoms with Crippen molar-refractivity contribution in [1.82, 2.24) is 4.90 Å². The van der Waals surface area contributed by atoms with E-state index in [4.69, 9.17) is 0 Å². The van der Waals surface area contributed by atoms with Crippen LogP contribution in [0.25, 0.3) is 0 Å². The molecule has 0 amide bonds. The van der Waals surface area contributed by atoms with Crippen molar-refractivity contribution < 1.29 is 5.11 Å². The molecule has 10 heavy (non-hydrogen) atoms. The molecule has 1 heterocycles. The van der Waals surface area contributed by atoms with E-state index >= 15 is 0 Å². The maximum atomic E-state index is 9.72. The summed E-state index contributed by atoms with van der Waals surface area (Å²) in [6.07, 6.45) is 3.30. The van der Waals surface area contributed by atoms with Gasteiger partial charge >= 0.3 is 0 Å². The molecule has 2 nitrogen and oxygen atoms in total. The fraction of sp³-hybridized carbons (Fsp3) is 1.00. The highest BCUT2D eigenvalue weighted by molar-refractivity contribution is 5.01. The summed E-state index contributed by atoms with van der Waals surface area (Å²) in [6.45, 7) is 2.28. The zero-order chi connectivity index (χ0) is 7.19. The topological polar surface area (TPSA) is 23.5 Å². The van der Waals surface area contributed by atoms with Gasteiger partial charge in [0.15, 0.2) is 0 Å². The van der Waals surface area contributed by atoms with E-state index in [2.05, 4.69) is 11.9 Å². The first-order valence-electron chi connectivity index (χ1n) is 4.12. The molecule has 2 aliphatic rings. The summed E-state index contributed by atoms with van der Waals surface area (Å²) >= 11 is 0. The molecule has 0 aromatic rings. The Balaban J connectivity index is 1.95. The lowest BCUT2D eigenvalue weighted by Crippen LogP contribution is -2.24. The van der Waals surface area contributed by atoms with E-state index in [-0.39, 0.29) is 5.60 Å².